The molecule has 7 heteroatoms. The van der Waals surface area contributed by atoms with Gasteiger partial charge in [0.2, 0.25) is 17.5 Å². The summed E-state index contributed by atoms with van der Waals surface area (Å²) in [5.74, 6) is 2.86. The molecule has 1 heterocycles. The van der Waals surface area contributed by atoms with Crippen LogP contribution >= 0.6 is 0 Å². The Hall–Kier alpha value is -2.70. The summed E-state index contributed by atoms with van der Waals surface area (Å²) in [6.45, 7) is 3.99. The number of rotatable bonds is 8. The summed E-state index contributed by atoms with van der Waals surface area (Å²) in [6.07, 6.45) is 0.823. The van der Waals surface area contributed by atoms with Crippen LogP contribution in [0.1, 0.15) is 29.3 Å². The van der Waals surface area contributed by atoms with Crippen LogP contribution in [0, 0.1) is 13.8 Å². The highest BCUT2D eigenvalue weighted by Crippen LogP contribution is 2.40. The van der Waals surface area contributed by atoms with E-state index in [0.29, 0.717) is 36.0 Å². The van der Waals surface area contributed by atoms with Crippen molar-refractivity contribution in [1.29, 1.82) is 0 Å². The Balaban J connectivity index is 1.97. The monoisotopic (exact) mass is 348 g/mol. The van der Waals surface area contributed by atoms with E-state index < -0.39 is 0 Å². The predicted molar refractivity (Wildman–Crippen MR) is 92.2 cm³/mol. The van der Waals surface area contributed by atoms with E-state index in [1.807, 2.05) is 19.9 Å². The van der Waals surface area contributed by atoms with Gasteiger partial charge in [0.1, 0.15) is 5.76 Å². The molecule has 0 aliphatic rings. The molecule has 2 rings (SSSR count). The van der Waals surface area contributed by atoms with Gasteiger partial charge in [-0.05, 0) is 31.9 Å². The quantitative estimate of drug-likeness (QED) is 0.789. The molecule has 0 unspecified atom stereocenters. The molecule has 0 saturated carbocycles. The number of benzene rings is 1. The lowest BCUT2D eigenvalue weighted by atomic mass is 10.1. The average molecular weight is 348 g/mol. The molecule has 1 N–H and O–H groups in total. The van der Waals surface area contributed by atoms with Crippen molar-refractivity contribution in [3.8, 4) is 17.2 Å². The minimum absolute atomic E-state index is 0.0923. The Bertz CT molecular complexity index is 720. The van der Waals surface area contributed by atoms with Crippen LogP contribution in [0.5, 0.6) is 17.2 Å². The average Bonchev–Trinajstić information content (AvgIpc) is 2.94. The second-order valence-electron chi connectivity index (χ2n) is 5.52. The molecule has 0 aliphatic carbocycles. The molecule has 2 aromatic rings. The number of aryl methyl sites for hydroxylation is 3. The minimum Gasteiger partial charge on any atom is -0.493 e. The maximum atomic E-state index is 12.1. The van der Waals surface area contributed by atoms with Crippen molar-refractivity contribution in [2.45, 2.75) is 33.2 Å². The zero-order valence-corrected chi connectivity index (χ0v) is 15.3. The third-order valence-electron chi connectivity index (χ3n) is 3.92. The molecule has 0 aliphatic heterocycles. The number of carbonyl (C=O) groups is 1. The summed E-state index contributed by atoms with van der Waals surface area (Å²) in [5, 5.41) is 2.81. The maximum absolute atomic E-state index is 12.1. The molecule has 0 spiro atoms. The van der Waals surface area contributed by atoms with Gasteiger partial charge in [0.15, 0.2) is 11.5 Å². The Morgan fingerprint density at radius 1 is 1.12 bits per heavy atom. The molecule has 136 valence electrons. The smallest absolute Gasteiger partial charge is 0.220 e. The first-order valence-electron chi connectivity index (χ1n) is 7.97. The highest BCUT2D eigenvalue weighted by Gasteiger charge is 2.16. The van der Waals surface area contributed by atoms with E-state index >= 15 is 0 Å². The Morgan fingerprint density at radius 3 is 2.40 bits per heavy atom. The molecule has 0 radical (unpaired) electrons. The fraction of sp³-hybridized carbons (Fsp3) is 0.444. The number of oxazole rings is 1. The van der Waals surface area contributed by atoms with Crippen LogP contribution in [-0.4, -0.2) is 32.2 Å². The number of amides is 1. The molecule has 0 bridgehead atoms. The van der Waals surface area contributed by atoms with Crippen molar-refractivity contribution in [3.05, 3.63) is 35.0 Å². The van der Waals surface area contributed by atoms with E-state index in [1.54, 1.807) is 27.4 Å². The standard InChI is InChI=1S/C18H24N2O5/c1-11-12(2)25-16(20-11)10-19-15(21)9-7-13-6-8-14(22-3)18(24-5)17(13)23-4/h6,8H,7,9-10H2,1-5H3,(H,19,21). The zero-order valence-electron chi connectivity index (χ0n) is 15.3. The van der Waals surface area contributed by atoms with Crippen LogP contribution in [0.2, 0.25) is 0 Å². The fourth-order valence-corrected chi connectivity index (χ4v) is 2.49. The lowest BCUT2D eigenvalue weighted by Crippen LogP contribution is -2.23. The van der Waals surface area contributed by atoms with Crippen LogP contribution in [0.25, 0.3) is 0 Å². The number of aromatic nitrogens is 1. The second kappa shape index (κ2) is 8.41. The van der Waals surface area contributed by atoms with E-state index in [9.17, 15) is 4.79 Å². The van der Waals surface area contributed by atoms with E-state index in [1.165, 1.54) is 0 Å². The first-order chi connectivity index (χ1) is 12.0. The molecule has 1 amide bonds. The summed E-state index contributed by atoms with van der Waals surface area (Å²) in [7, 11) is 4.68. The highest BCUT2D eigenvalue weighted by atomic mass is 16.5. The van der Waals surface area contributed by atoms with Gasteiger partial charge in [0, 0.05) is 6.42 Å². The lowest BCUT2D eigenvalue weighted by Gasteiger charge is -2.15. The first-order valence-corrected chi connectivity index (χ1v) is 7.97. The van der Waals surface area contributed by atoms with Crippen molar-refractivity contribution in [1.82, 2.24) is 10.3 Å². The molecule has 0 fully saturated rings. The van der Waals surface area contributed by atoms with Crippen molar-refractivity contribution >= 4 is 5.91 Å². The molecular weight excluding hydrogens is 324 g/mol. The number of methoxy groups -OCH3 is 3. The van der Waals surface area contributed by atoms with Crippen LogP contribution in [-0.2, 0) is 17.8 Å². The van der Waals surface area contributed by atoms with Crippen molar-refractivity contribution < 1.29 is 23.4 Å². The topological polar surface area (TPSA) is 82.8 Å². The summed E-state index contributed by atoms with van der Waals surface area (Å²) >= 11 is 0. The summed E-state index contributed by atoms with van der Waals surface area (Å²) in [5.41, 5.74) is 1.71. The van der Waals surface area contributed by atoms with Gasteiger partial charge in [-0.3, -0.25) is 4.79 Å². The van der Waals surface area contributed by atoms with Crippen molar-refractivity contribution in [3.63, 3.8) is 0 Å². The fourth-order valence-electron chi connectivity index (χ4n) is 2.49. The van der Waals surface area contributed by atoms with Gasteiger partial charge in [0.25, 0.3) is 0 Å². The summed E-state index contributed by atoms with van der Waals surface area (Å²) in [6, 6.07) is 3.67. The van der Waals surface area contributed by atoms with E-state index in [4.69, 9.17) is 18.6 Å². The van der Waals surface area contributed by atoms with Crippen molar-refractivity contribution in [2.24, 2.45) is 0 Å². The van der Waals surface area contributed by atoms with Gasteiger partial charge in [-0.2, -0.15) is 0 Å². The number of nitrogens with one attached hydrogen (secondary N) is 1. The van der Waals surface area contributed by atoms with Gasteiger partial charge >= 0.3 is 0 Å². The van der Waals surface area contributed by atoms with Gasteiger partial charge < -0.3 is 23.9 Å². The van der Waals surface area contributed by atoms with Crippen LogP contribution in [0.15, 0.2) is 16.5 Å². The Kier molecular flexibility index (Phi) is 6.27. The third kappa shape index (κ3) is 4.43. The summed E-state index contributed by atoms with van der Waals surface area (Å²) in [4.78, 5) is 16.3. The van der Waals surface area contributed by atoms with Gasteiger partial charge in [-0.25, -0.2) is 4.98 Å². The van der Waals surface area contributed by atoms with Crippen LogP contribution in [0.3, 0.4) is 0 Å². The molecule has 0 saturated heterocycles. The molecule has 0 atom stereocenters. The predicted octanol–water partition coefficient (Wildman–Crippen LogP) is 2.57. The third-order valence-corrected chi connectivity index (χ3v) is 3.92. The number of hydrogen-bond acceptors (Lipinski definition) is 6. The molecule has 7 nitrogen and oxygen atoms in total. The SMILES string of the molecule is COc1ccc(CCC(=O)NCc2nc(C)c(C)o2)c(OC)c1OC. The maximum Gasteiger partial charge on any atom is 0.220 e. The van der Waals surface area contributed by atoms with E-state index in [0.717, 1.165) is 17.0 Å². The highest BCUT2D eigenvalue weighted by molar-refractivity contribution is 5.76. The van der Waals surface area contributed by atoms with Gasteiger partial charge in [-0.15, -0.1) is 0 Å². The number of nitrogens with zero attached hydrogens (tertiary/aromatic N) is 1. The first kappa shape index (κ1) is 18.6. The van der Waals surface area contributed by atoms with Crippen LogP contribution < -0.4 is 19.5 Å². The van der Waals surface area contributed by atoms with Crippen LogP contribution in [0.4, 0.5) is 0 Å². The number of ether oxygens (including phenoxy) is 3. The molecule has 1 aromatic carbocycles. The number of hydrogen-bond donors (Lipinski definition) is 1. The normalized spacial score (nSPS) is 10.4. The van der Waals surface area contributed by atoms with E-state index in [-0.39, 0.29) is 12.5 Å². The van der Waals surface area contributed by atoms with Gasteiger partial charge in [-0.1, -0.05) is 6.07 Å². The molecule has 1 aromatic heterocycles. The van der Waals surface area contributed by atoms with Gasteiger partial charge in [0.05, 0.1) is 33.6 Å². The largest absolute Gasteiger partial charge is 0.493 e. The minimum atomic E-state index is -0.0923. The zero-order chi connectivity index (χ0) is 18.4. The molecule has 25 heavy (non-hydrogen) atoms. The lowest BCUT2D eigenvalue weighted by molar-refractivity contribution is -0.121. The Labute approximate surface area is 147 Å². The Morgan fingerprint density at radius 2 is 1.84 bits per heavy atom. The molecular formula is C18H24N2O5. The second-order valence-corrected chi connectivity index (χ2v) is 5.52. The van der Waals surface area contributed by atoms with Crippen molar-refractivity contribution in [2.75, 3.05) is 21.3 Å². The van der Waals surface area contributed by atoms with E-state index in [2.05, 4.69) is 10.3 Å². The number of carbonyl (C=O) groups excluding carboxylic acids is 1. The summed E-state index contributed by atoms with van der Waals surface area (Å²) < 4.78 is 21.5.